The molecule has 1 fully saturated rings. The first-order valence-corrected chi connectivity index (χ1v) is 9.42. The Balaban J connectivity index is 1.70. The Morgan fingerprint density at radius 3 is 2.62 bits per heavy atom. The molecule has 2 aromatic carbocycles. The molecule has 2 aliphatic rings. The van der Waals surface area contributed by atoms with Gasteiger partial charge in [-0.1, -0.05) is 18.2 Å². The van der Waals surface area contributed by atoms with Gasteiger partial charge in [0.2, 0.25) is 0 Å². The molecule has 2 aromatic rings. The second-order valence-corrected chi connectivity index (χ2v) is 8.01. The van der Waals surface area contributed by atoms with Crippen LogP contribution in [0.5, 0.6) is 5.75 Å². The molecule has 134 valence electrons. The highest BCUT2D eigenvalue weighted by Gasteiger charge is 2.42. The molecule has 1 amide bonds. The lowest BCUT2D eigenvalue weighted by Crippen LogP contribution is -2.29. The smallest absolute Gasteiger partial charge is 0.270 e. The first kappa shape index (κ1) is 16.5. The van der Waals surface area contributed by atoms with Gasteiger partial charge in [0.1, 0.15) is 10.6 Å². The van der Waals surface area contributed by atoms with Crippen molar-refractivity contribution in [2.24, 2.45) is 0 Å². The average molecular weight is 374 g/mol. The molecule has 0 bridgehead atoms. The maximum atomic E-state index is 12.7. The number of fused-ring (bicyclic) bond motifs is 1. The summed E-state index contributed by atoms with van der Waals surface area (Å²) < 4.78 is 31.9. The molecule has 26 heavy (non-hydrogen) atoms. The number of nitro groups is 1. The van der Waals surface area contributed by atoms with Crippen molar-refractivity contribution in [3.63, 3.8) is 0 Å². The highest BCUT2D eigenvalue weighted by atomic mass is 32.2. The number of carbonyl (C=O) groups excluding carboxylic acids is 1. The van der Waals surface area contributed by atoms with Gasteiger partial charge in [0.15, 0.2) is 0 Å². The molecule has 9 heteroatoms. The third kappa shape index (κ3) is 2.70. The number of nitro benzene ring substituents is 1. The number of para-hydroxylation sites is 1. The van der Waals surface area contributed by atoms with Crippen molar-refractivity contribution in [1.82, 2.24) is 4.31 Å². The lowest BCUT2D eigenvalue weighted by atomic mass is 10.1. The second kappa shape index (κ2) is 5.80. The minimum Gasteiger partial charge on any atom is -0.490 e. The molecule has 4 rings (SSSR count). The maximum Gasteiger partial charge on any atom is 0.270 e. The molecule has 8 nitrogen and oxygen atoms in total. The van der Waals surface area contributed by atoms with Gasteiger partial charge in [0.05, 0.1) is 23.1 Å². The van der Waals surface area contributed by atoms with Crippen LogP contribution in [0.15, 0.2) is 47.4 Å². The average Bonchev–Trinajstić information content (AvgIpc) is 3.40. The van der Waals surface area contributed by atoms with E-state index in [2.05, 4.69) is 0 Å². The summed E-state index contributed by atoms with van der Waals surface area (Å²) >= 11 is 0. The largest absolute Gasteiger partial charge is 0.490 e. The van der Waals surface area contributed by atoms with Crippen molar-refractivity contribution >= 4 is 21.6 Å². The van der Waals surface area contributed by atoms with E-state index in [4.69, 9.17) is 4.74 Å². The number of nitrogens with zero attached hydrogens (tertiary/aromatic N) is 2. The number of hydrogen-bond acceptors (Lipinski definition) is 6. The maximum absolute atomic E-state index is 12.7. The van der Waals surface area contributed by atoms with E-state index in [1.165, 1.54) is 0 Å². The number of rotatable bonds is 5. The van der Waals surface area contributed by atoms with Crippen LogP contribution in [0, 0.1) is 10.1 Å². The van der Waals surface area contributed by atoms with Crippen LogP contribution < -0.4 is 4.74 Å². The summed E-state index contributed by atoms with van der Waals surface area (Å²) in [7, 11) is -4.06. The van der Waals surface area contributed by atoms with Crippen LogP contribution in [0.2, 0.25) is 0 Å². The van der Waals surface area contributed by atoms with Crippen LogP contribution in [0.1, 0.15) is 28.8 Å². The number of amides is 1. The molecule has 0 unspecified atom stereocenters. The van der Waals surface area contributed by atoms with E-state index < -0.39 is 20.9 Å². The molecule has 0 aromatic heterocycles. The summed E-state index contributed by atoms with van der Waals surface area (Å²) in [5, 5.41) is 10.9. The summed E-state index contributed by atoms with van der Waals surface area (Å²) in [5.74, 6) is -0.232. The van der Waals surface area contributed by atoms with Crippen LogP contribution in [-0.2, 0) is 16.6 Å². The zero-order valence-electron chi connectivity index (χ0n) is 13.5. The van der Waals surface area contributed by atoms with Gasteiger partial charge in [-0.25, -0.2) is 12.7 Å². The zero-order valence-corrected chi connectivity index (χ0v) is 14.3. The van der Waals surface area contributed by atoms with Gasteiger partial charge >= 0.3 is 0 Å². The van der Waals surface area contributed by atoms with Gasteiger partial charge in [-0.05, 0) is 25.0 Å². The van der Waals surface area contributed by atoms with Crippen molar-refractivity contribution in [1.29, 1.82) is 0 Å². The van der Waals surface area contributed by atoms with Crippen LogP contribution in [0.4, 0.5) is 5.69 Å². The summed E-state index contributed by atoms with van der Waals surface area (Å²) in [6.45, 7) is -0.188. The zero-order chi connectivity index (χ0) is 18.5. The van der Waals surface area contributed by atoms with Crippen LogP contribution >= 0.6 is 0 Å². The van der Waals surface area contributed by atoms with Crippen LogP contribution in [0.25, 0.3) is 0 Å². The fraction of sp³-hybridized carbons (Fsp3) is 0.235. The fourth-order valence-corrected chi connectivity index (χ4v) is 4.34. The quantitative estimate of drug-likeness (QED) is 0.588. The van der Waals surface area contributed by atoms with Gasteiger partial charge in [0.25, 0.3) is 21.6 Å². The van der Waals surface area contributed by atoms with Crippen molar-refractivity contribution < 1.29 is 22.9 Å². The van der Waals surface area contributed by atoms with Crippen LogP contribution in [0.3, 0.4) is 0 Å². The lowest BCUT2D eigenvalue weighted by molar-refractivity contribution is -0.384. The monoisotopic (exact) mass is 374 g/mol. The SMILES string of the molecule is O=C1c2cc([N+](=O)[O-])ccc2S(=O)(=O)N1Cc1ccccc1OC1CC1. The van der Waals surface area contributed by atoms with Gasteiger partial charge < -0.3 is 4.74 Å². The molecule has 1 aliphatic carbocycles. The summed E-state index contributed by atoms with van der Waals surface area (Å²) in [4.78, 5) is 22.7. The number of hydrogen-bond donors (Lipinski definition) is 0. The molecule has 1 heterocycles. The van der Waals surface area contributed by atoms with E-state index in [0.717, 1.165) is 35.3 Å². The van der Waals surface area contributed by atoms with E-state index in [1.54, 1.807) is 24.3 Å². The first-order valence-electron chi connectivity index (χ1n) is 7.98. The number of non-ortho nitro benzene ring substituents is 1. The Hall–Kier alpha value is -2.94. The molecule has 1 aliphatic heterocycles. The second-order valence-electron chi connectivity index (χ2n) is 6.18. The van der Waals surface area contributed by atoms with Crippen molar-refractivity contribution in [3.8, 4) is 5.75 Å². The standard InChI is InChI=1S/C17H14N2O6S/c20-17-14-9-12(19(21)22)5-8-16(14)26(23,24)18(17)10-11-3-1-2-4-15(11)25-13-6-7-13/h1-5,8-9,13H,6-7,10H2. The van der Waals surface area contributed by atoms with E-state index >= 15 is 0 Å². The minimum absolute atomic E-state index is 0.127. The molecule has 0 spiro atoms. The minimum atomic E-state index is -4.06. The Morgan fingerprint density at radius 1 is 1.19 bits per heavy atom. The van der Waals surface area contributed by atoms with E-state index in [9.17, 15) is 23.3 Å². The molecular formula is C17H14N2O6S. The summed E-state index contributed by atoms with van der Waals surface area (Å²) in [6, 6.07) is 10.1. The topological polar surface area (TPSA) is 107 Å². The Labute approximate surface area is 149 Å². The van der Waals surface area contributed by atoms with E-state index in [-0.39, 0.29) is 28.8 Å². The highest BCUT2D eigenvalue weighted by molar-refractivity contribution is 7.90. The van der Waals surface area contributed by atoms with Crippen molar-refractivity contribution in [2.75, 3.05) is 0 Å². The normalized spacial score (nSPS) is 17.8. The number of ether oxygens (including phenoxy) is 1. The Bertz CT molecular complexity index is 1030. The number of sulfonamides is 1. The van der Waals surface area contributed by atoms with E-state index in [0.29, 0.717) is 11.3 Å². The predicted molar refractivity (Wildman–Crippen MR) is 90.2 cm³/mol. The molecule has 0 saturated heterocycles. The molecular weight excluding hydrogens is 360 g/mol. The Morgan fingerprint density at radius 2 is 1.92 bits per heavy atom. The number of carbonyl (C=O) groups is 1. The van der Waals surface area contributed by atoms with Gasteiger partial charge in [0, 0.05) is 17.7 Å². The number of benzene rings is 2. The molecule has 0 atom stereocenters. The fourth-order valence-electron chi connectivity index (χ4n) is 2.81. The third-order valence-electron chi connectivity index (χ3n) is 4.30. The van der Waals surface area contributed by atoms with Gasteiger partial charge in [-0.3, -0.25) is 14.9 Å². The van der Waals surface area contributed by atoms with Gasteiger partial charge in [-0.2, -0.15) is 0 Å². The van der Waals surface area contributed by atoms with E-state index in [1.807, 2.05) is 0 Å². The predicted octanol–water partition coefficient (Wildman–Crippen LogP) is 2.48. The summed E-state index contributed by atoms with van der Waals surface area (Å²) in [6.07, 6.45) is 2.02. The first-order chi connectivity index (χ1) is 12.4. The van der Waals surface area contributed by atoms with Crippen molar-refractivity contribution in [2.45, 2.75) is 30.4 Å². The molecule has 0 N–H and O–H groups in total. The third-order valence-corrected chi connectivity index (χ3v) is 6.09. The lowest BCUT2D eigenvalue weighted by Gasteiger charge is -2.17. The van der Waals surface area contributed by atoms with Crippen molar-refractivity contribution in [3.05, 3.63) is 63.7 Å². The Kier molecular flexibility index (Phi) is 3.69. The molecule has 0 radical (unpaired) electrons. The van der Waals surface area contributed by atoms with Crippen LogP contribution in [-0.4, -0.2) is 29.7 Å². The summed E-state index contributed by atoms with van der Waals surface area (Å²) in [5.41, 5.74) is 0.0602. The molecule has 1 saturated carbocycles. The van der Waals surface area contributed by atoms with Gasteiger partial charge in [-0.15, -0.1) is 0 Å². The highest BCUT2D eigenvalue weighted by Crippen LogP contribution is 2.36.